The van der Waals surface area contributed by atoms with Gasteiger partial charge in [-0.15, -0.1) is 0 Å². The number of carbonyl (C=O) groups is 4. The van der Waals surface area contributed by atoms with E-state index in [1.807, 2.05) is 24.3 Å². The topological polar surface area (TPSA) is 92.8 Å². The molecule has 0 radical (unpaired) electrons. The van der Waals surface area contributed by atoms with Crippen LogP contribution in [0.1, 0.15) is 59.9 Å². The van der Waals surface area contributed by atoms with Gasteiger partial charge in [0.15, 0.2) is 6.29 Å². The Morgan fingerprint density at radius 3 is 2.28 bits per heavy atom. The van der Waals surface area contributed by atoms with Crippen LogP contribution in [0.15, 0.2) is 42.5 Å². The standard InChI is InChI=1S/C25H30N2O5/c1-25(2,3)18-9-12-20(13-10-18)32-21-8-6-7-17(15-28)23(21)24(31)27(5)19(16-29)11-14-22(30)26-4/h6-10,12-13,15-16,19H,11,14H2,1-5H3,(H,26,30). The average molecular weight is 439 g/mol. The first-order valence-electron chi connectivity index (χ1n) is 10.4. The van der Waals surface area contributed by atoms with Crippen LogP contribution in [0.4, 0.5) is 0 Å². The minimum absolute atomic E-state index is 0.0156. The molecule has 7 heteroatoms. The summed E-state index contributed by atoms with van der Waals surface area (Å²) in [6, 6.07) is 11.5. The lowest BCUT2D eigenvalue weighted by atomic mass is 9.87. The molecule has 0 fully saturated rings. The van der Waals surface area contributed by atoms with Crippen LogP contribution in [0.5, 0.6) is 11.5 Å². The van der Waals surface area contributed by atoms with Gasteiger partial charge in [-0.3, -0.25) is 14.4 Å². The van der Waals surface area contributed by atoms with Gasteiger partial charge in [-0.25, -0.2) is 0 Å². The summed E-state index contributed by atoms with van der Waals surface area (Å²) < 4.78 is 5.96. The highest BCUT2D eigenvalue weighted by atomic mass is 16.5. The largest absolute Gasteiger partial charge is 0.457 e. The zero-order valence-corrected chi connectivity index (χ0v) is 19.2. The molecule has 1 unspecified atom stereocenters. The second-order valence-corrected chi connectivity index (χ2v) is 8.55. The third kappa shape index (κ3) is 6.03. The van der Waals surface area contributed by atoms with Crippen molar-refractivity contribution in [1.29, 1.82) is 0 Å². The summed E-state index contributed by atoms with van der Waals surface area (Å²) in [5, 5.41) is 2.49. The molecular formula is C25H30N2O5. The van der Waals surface area contributed by atoms with Crippen LogP contribution in [-0.2, 0) is 15.0 Å². The zero-order valence-electron chi connectivity index (χ0n) is 19.2. The molecule has 7 nitrogen and oxygen atoms in total. The van der Waals surface area contributed by atoms with Crippen LogP contribution in [0.2, 0.25) is 0 Å². The number of rotatable bonds is 9. The zero-order chi connectivity index (χ0) is 23.9. The fourth-order valence-corrected chi connectivity index (χ4v) is 3.19. The minimum Gasteiger partial charge on any atom is -0.457 e. The van der Waals surface area contributed by atoms with Crippen molar-refractivity contribution in [3.05, 3.63) is 59.2 Å². The van der Waals surface area contributed by atoms with Crippen molar-refractivity contribution in [2.75, 3.05) is 14.1 Å². The number of aldehydes is 2. The molecule has 2 amide bonds. The molecule has 2 aromatic carbocycles. The van der Waals surface area contributed by atoms with Gasteiger partial charge in [-0.2, -0.15) is 0 Å². The van der Waals surface area contributed by atoms with Gasteiger partial charge >= 0.3 is 0 Å². The highest BCUT2D eigenvalue weighted by Crippen LogP contribution is 2.31. The summed E-state index contributed by atoms with van der Waals surface area (Å²) >= 11 is 0. The van der Waals surface area contributed by atoms with Crippen LogP contribution in [0.3, 0.4) is 0 Å². The maximum atomic E-state index is 13.3. The van der Waals surface area contributed by atoms with Gasteiger partial charge in [0.25, 0.3) is 5.91 Å². The Bertz CT molecular complexity index is 977. The van der Waals surface area contributed by atoms with Crippen LogP contribution in [0.25, 0.3) is 0 Å². The van der Waals surface area contributed by atoms with E-state index in [2.05, 4.69) is 26.1 Å². The van der Waals surface area contributed by atoms with Crippen molar-refractivity contribution in [2.45, 2.75) is 45.1 Å². The Balaban J connectivity index is 2.34. The molecule has 0 spiro atoms. The first kappa shape index (κ1) is 24.8. The van der Waals surface area contributed by atoms with Crippen molar-refractivity contribution in [3.8, 4) is 11.5 Å². The highest BCUT2D eigenvalue weighted by molar-refractivity contribution is 6.04. The Morgan fingerprint density at radius 2 is 1.75 bits per heavy atom. The second-order valence-electron chi connectivity index (χ2n) is 8.55. The normalized spacial score (nSPS) is 11.9. The Labute approximate surface area is 188 Å². The molecule has 0 aliphatic carbocycles. The van der Waals surface area contributed by atoms with E-state index in [-0.39, 0.29) is 41.0 Å². The van der Waals surface area contributed by atoms with Gasteiger partial charge in [0.2, 0.25) is 5.91 Å². The quantitative estimate of drug-likeness (QED) is 0.602. The number of nitrogens with zero attached hydrogens (tertiary/aromatic N) is 1. The molecular weight excluding hydrogens is 408 g/mol. The summed E-state index contributed by atoms with van der Waals surface area (Å²) in [6.07, 6.45) is 1.46. The van der Waals surface area contributed by atoms with E-state index < -0.39 is 11.9 Å². The number of ether oxygens (including phenoxy) is 1. The van der Waals surface area contributed by atoms with Gasteiger partial charge in [-0.05, 0) is 35.6 Å². The predicted molar refractivity (Wildman–Crippen MR) is 122 cm³/mol. The van der Waals surface area contributed by atoms with Gasteiger partial charge < -0.3 is 19.7 Å². The number of hydrogen-bond donors (Lipinski definition) is 1. The summed E-state index contributed by atoms with van der Waals surface area (Å²) in [5.74, 6) is -0.0352. The number of hydrogen-bond acceptors (Lipinski definition) is 5. The lowest BCUT2D eigenvalue weighted by Gasteiger charge is -2.25. The summed E-state index contributed by atoms with van der Waals surface area (Å²) in [6.45, 7) is 6.32. The second kappa shape index (κ2) is 10.7. The van der Waals surface area contributed by atoms with Gasteiger partial charge in [0.1, 0.15) is 17.8 Å². The number of benzene rings is 2. The number of nitrogens with one attached hydrogen (secondary N) is 1. The number of amides is 2. The molecule has 2 rings (SSSR count). The van der Waals surface area contributed by atoms with Crippen LogP contribution in [-0.4, -0.2) is 49.4 Å². The van der Waals surface area contributed by atoms with Crippen molar-refractivity contribution in [3.63, 3.8) is 0 Å². The molecule has 0 aliphatic rings. The highest BCUT2D eigenvalue weighted by Gasteiger charge is 2.26. The molecule has 2 aromatic rings. The summed E-state index contributed by atoms with van der Waals surface area (Å²) in [4.78, 5) is 49.3. The third-order valence-corrected chi connectivity index (χ3v) is 5.27. The molecule has 1 atom stereocenters. The molecule has 170 valence electrons. The Morgan fingerprint density at radius 1 is 1.09 bits per heavy atom. The maximum Gasteiger partial charge on any atom is 0.258 e. The molecule has 0 saturated carbocycles. The van der Waals surface area contributed by atoms with E-state index in [4.69, 9.17) is 4.74 Å². The molecule has 32 heavy (non-hydrogen) atoms. The maximum absolute atomic E-state index is 13.3. The van der Waals surface area contributed by atoms with Crippen LogP contribution in [0, 0.1) is 0 Å². The molecule has 0 saturated heterocycles. The van der Waals surface area contributed by atoms with E-state index in [1.165, 1.54) is 25.1 Å². The van der Waals surface area contributed by atoms with Gasteiger partial charge in [-0.1, -0.05) is 45.0 Å². The molecule has 0 bridgehead atoms. The number of carbonyl (C=O) groups excluding carboxylic acids is 4. The minimum atomic E-state index is -0.821. The fourth-order valence-electron chi connectivity index (χ4n) is 3.19. The molecule has 0 heterocycles. The van der Waals surface area contributed by atoms with E-state index in [0.29, 0.717) is 18.3 Å². The Hall–Kier alpha value is -3.48. The van der Waals surface area contributed by atoms with Crippen molar-refractivity contribution in [1.82, 2.24) is 10.2 Å². The lowest BCUT2D eigenvalue weighted by molar-refractivity contribution is -0.121. The first-order chi connectivity index (χ1) is 15.1. The molecule has 0 aromatic heterocycles. The predicted octanol–water partition coefficient (Wildman–Crippen LogP) is 3.75. The van der Waals surface area contributed by atoms with Gasteiger partial charge in [0, 0.05) is 26.1 Å². The third-order valence-electron chi connectivity index (χ3n) is 5.27. The van der Waals surface area contributed by atoms with Gasteiger partial charge in [0.05, 0.1) is 11.6 Å². The monoisotopic (exact) mass is 438 g/mol. The van der Waals surface area contributed by atoms with E-state index in [0.717, 1.165) is 5.56 Å². The summed E-state index contributed by atoms with van der Waals surface area (Å²) in [7, 11) is 2.97. The smallest absolute Gasteiger partial charge is 0.258 e. The number of likely N-dealkylation sites (N-methyl/N-ethyl adjacent to an activating group) is 1. The summed E-state index contributed by atoms with van der Waals surface area (Å²) in [5.41, 5.74) is 1.34. The first-order valence-corrected chi connectivity index (χ1v) is 10.4. The van der Waals surface area contributed by atoms with Crippen molar-refractivity contribution >= 4 is 24.4 Å². The van der Waals surface area contributed by atoms with Crippen LogP contribution >= 0.6 is 0 Å². The van der Waals surface area contributed by atoms with E-state index in [9.17, 15) is 19.2 Å². The molecule has 1 N–H and O–H groups in total. The van der Waals surface area contributed by atoms with Crippen molar-refractivity contribution < 1.29 is 23.9 Å². The molecule has 0 aliphatic heterocycles. The lowest BCUT2D eigenvalue weighted by Crippen LogP contribution is -2.39. The Kier molecular flexibility index (Phi) is 8.29. The van der Waals surface area contributed by atoms with E-state index in [1.54, 1.807) is 12.1 Å². The SMILES string of the molecule is CNC(=O)CCC(C=O)N(C)C(=O)c1c(C=O)cccc1Oc1ccc(C(C)(C)C)cc1. The van der Waals surface area contributed by atoms with E-state index >= 15 is 0 Å². The average Bonchev–Trinajstić information content (AvgIpc) is 2.78. The fraction of sp³-hybridized carbons (Fsp3) is 0.360. The van der Waals surface area contributed by atoms with Crippen LogP contribution < -0.4 is 10.1 Å². The van der Waals surface area contributed by atoms with Crippen molar-refractivity contribution in [2.24, 2.45) is 0 Å².